The van der Waals surface area contributed by atoms with Crippen molar-refractivity contribution in [2.75, 3.05) is 13.7 Å². The number of carbonyl (C=O) groups is 1. The van der Waals surface area contributed by atoms with Crippen molar-refractivity contribution < 1.29 is 98.2 Å². The van der Waals surface area contributed by atoms with Crippen molar-refractivity contribution in [1.29, 1.82) is 0 Å². The Balaban J connectivity index is 1.23. The summed E-state index contributed by atoms with van der Waals surface area (Å²) in [7, 11) is 1.33. The van der Waals surface area contributed by atoms with Crippen LogP contribution in [0.15, 0.2) is 69.9 Å². The first-order valence-corrected chi connectivity index (χ1v) is 20.4. The van der Waals surface area contributed by atoms with E-state index in [4.69, 9.17) is 42.3 Å². The summed E-state index contributed by atoms with van der Waals surface area (Å²) in [6.07, 6.45) is -19.2. The lowest BCUT2D eigenvalue weighted by Gasteiger charge is -2.43. The highest BCUT2D eigenvalue weighted by Gasteiger charge is 2.50. The minimum atomic E-state index is -2.07. The molecule has 0 unspecified atom stereocenters. The van der Waals surface area contributed by atoms with E-state index in [1.807, 2.05) is 0 Å². The number of phenolic OH excluding ortho intramolecular Hbond substituents is 3. The van der Waals surface area contributed by atoms with Gasteiger partial charge in [0, 0.05) is 29.7 Å². The zero-order valence-corrected chi connectivity index (χ0v) is 35.2. The van der Waals surface area contributed by atoms with Gasteiger partial charge in [-0.15, -0.1) is 0 Å². The number of aromatic hydroxyl groups is 3. The molecular weight excluding hydrogens is 864 g/mol. The molecule has 0 saturated carbocycles. The van der Waals surface area contributed by atoms with Crippen LogP contribution in [0.4, 0.5) is 0 Å². The molecule has 4 aromatic rings. The Kier molecular flexibility index (Phi) is 14.2. The third-order valence-corrected chi connectivity index (χ3v) is 11.5. The van der Waals surface area contributed by atoms with Gasteiger partial charge in [0.2, 0.25) is 23.8 Å². The number of hydrogen-bond donors (Lipinski definition) is 10. The Morgan fingerprint density at radius 3 is 2.09 bits per heavy atom. The number of benzene rings is 3. The first-order chi connectivity index (χ1) is 30.9. The third kappa shape index (κ3) is 9.86. The lowest BCUT2D eigenvalue weighted by molar-refractivity contribution is -0.313. The van der Waals surface area contributed by atoms with Gasteiger partial charge in [0.15, 0.2) is 35.8 Å². The summed E-state index contributed by atoms with van der Waals surface area (Å²) in [5, 5.41) is 106. The third-order valence-electron chi connectivity index (χ3n) is 11.5. The maximum atomic E-state index is 14.5. The van der Waals surface area contributed by atoms with Crippen LogP contribution in [0, 0.1) is 5.92 Å². The van der Waals surface area contributed by atoms with Crippen LogP contribution in [0.5, 0.6) is 34.5 Å². The summed E-state index contributed by atoms with van der Waals surface area (Å²) in [6.45, 7) is 4.12. The molecule has 352 valence electrons. The van der Waals surface area contributed by atoms with E-state index in [-0.39, 0.29) is 39.9 Å². The lowest BCUT2D eigenvalue weighted by atomic mass is 9.92. The van der Waals surface area contributed by atoms with Gasteiger partial charge >= 0.3 is 5.97 Å². The number of aliphatic hydroxyl groups excluding tert-OH is 7. The van der Waals surface area contributed by atoms with Gasteiger partial charge in [-0.05, 0) is 61.9 Å². The molecule has 4 heterocycles. The number of methoxy groups -OCH3 is 1. The second-order valence-corrected chi connectivity index (χ2v) is 15.9. The first kappa shape index (κ1) is 47.4. The average Bonchev–Trinajstić information content (AvgIpc) is 3.28. The van der Waals surface area contributed by atoms with Crippen LogP contribution in [0.3, 0.4) is 0 Å². The number of hydrogen-bond acceptors (Lipinski definition) is 21. The largest absolute Gasteiger partial charge is 0.508 e. The second-order valence-electron chi connectivity index (χ2n) is 15.9. The highest BCUT2D eigenvalue weighted by molar-refractivity contribution is 5.89. The average molecular weight is 915 g/mol. The molecule has 0 amide bonds. The maximum absolute atomic E-state index is 14.5. The smallest absolute Gasteiger partial charge is 0.331 e. The van der Waals surface area contributed by atoms with Crippen LogP contribution >= 0.6 is 0 Å². The summed E-state index contributed by atoms with van der Waals surface area (Å²) < 4.78 is 51.5. The fraction of sp³-hybridized carbons (Fsp3) is 0.455. The molecule has 21 nitrogen and oxygen atoms in total. The molecule has 1 aromatic heterocycles. The van der Waals surface area contributed by atoms with E-state index in [1.165, 1.54) is 62.6 Å². The van der Waals surface area contributed by atoms with Gasteiger partial charge in [-0.2, -0.15) is 0 Å². The highest BCUT2D eigenvalue weighted by atomic mass is 16.7. The van der Waals surface area contributed by atoms with Crippen LogP contribution in [-0.2, 0) is 28.5 Å². The monoisotopic (exact) mass is 914 g/mol. The van der Waals surface area contributed by atoms with E-state index in [0.29, 0.717) is 5.56 Å². The van der Waals surface area contributed by atoms with E-state index in [9.17, 15) is 60.7 Å². The summed E-state index contributed by atoms with van der Waals surface area (Å²) in [4.78, 5) is 27.7. The molecule has 7 rings (SSSR count). The number of fused-ring (bicyclic) bond motifs is 1. The Bertz CT molecular complexity index is 2400. The minimum absolute atomic E-state index is 0.106. The molecule has 3 aliphatic rings. The Morgan fingerprint density at radius 2 is 1.38 bits per heavy atom. The number of aliphatic hydroxyl groups is 7. The van der Waals surface area contributed by atoms with E-state index in [0.717, 1.165) is 18.2 Å². The molecule has 3 aliphatic heterocycles. The van der Waals surface area contributed by atoms with Crippen LogP contribution in [-0.4, -0.2) is 157 Å². The zero-order valence-electron chi connectivity index (χ0n) is 35.2. The number of esters is 1. The van der Waals surface area contributed by atoms with E-state index in [1.54, 1.807) is 13.8 Å². The van der Waals surface area contributed by atoms with Crippen LogP contribution < -0.4 is 19.6 Å². The van der Waals surface area contributed by atoms with Crippen molar-refractivity contribution >= 4 is 23.0 Å². The quantitative estimate of drug-likeness (QED) is 0.0678. The normalized spacial score (nSPS) is 32.9. The van der Waals surface area contributed by atoms with Crippen LogP contribution in [0.25, 0.3) is 28.4 Å². The number of ether oxygens (including phenoxy) is 8. The maximum Gasteiger partial charge on any atom is 0.331 e. The molecule has 10 N–H and O–H groups in total. The van der Waals surface area contributed by atoms with Crippen LogP contribution in [0.2, 0.25) is 0 Å². The summed E-state index contributed by atoms with van der Waals surface area (Å²) in [5.41, 5.74) is -0.860. The second kappa shape index (κ2) is 19.5. The van der Waals surface area contributed by atoms with Gasteiger partial charge in [0.05, 0.1) is 32.0 Å². The molecule has 0 spiro atoms. The highest BCUT2D eigenvalue weighted by Crippen LogP contribution is 2.39. The molecule has 65 heavy (non-hydrogen) atoms. The molecule has 0 bridgehead atoms. The van der Waals surface area contributed by atoms with Gasteiger partial charge in [-0.1, -0.05) is 13.0 Å². The lowest BCUT2D eigenvalue weighted by Crippen LogP contribution is -2.62. The van der Waals surface area contributed by atoms with E-state index in [2.05, 4.69) is 0 Å². The SMILES string of the molecule is COc1cc(C=CC(=O)O[C@H]2[C@@H](O)[C@@H](CO[C@@H]3O[C@@H](C)[C@H](C)[C@@H](O)[C@H]3O)O[C@@H](Oc3c(-c4ccc(O)cc4)oc4cc(O[C@@H]5O[C@@H](C)[C@H](O)[C@@H](O)[C@H]5O)cc(O)c4c3=O)[C@@H]2O)ccc1O. The van der Waals surface area contributed by atoms with Gasteiger partial charge in [-0.3, -0.25) is 4.79 Å². The fourth-order valence-corrected chi connectivity index (χ4v) is 7.50. The zero-order chi connectivity index (χ0) is 47.0. The van der Waals surface area contributed by atoms with Gasteiger partial charge < -0.3 is 93.4 Å². The molecule has 3 saturated heterocycles. The van der Waals surface area contributed by atoms with Crippen molar-refractivity contribution in [2.24, 2.45) is 5.92 Å². The van der Waals surface area contributed by atoms with Crippen molar-refractivity contribution in [3.05, 3.63) is 76.5 Å². The van der Waals surface area contributed by atoms with Crippen molar-refractivity contribution in [2.45, 2.75) is 107 Å². The topological polar surface area (TPSA) is 323 Å². The molecule has 0 radical (unpaired) electrons. The number of carbonyl (C=O) groups excluding carboxylic acids is 1. The standard InChI is InChI=1S/C44H50O21/c1-17-18(2)59-42(36(54)31(17)49)58-16-28-33(51)40(64-29(48)12-6-20-5-11-24(46)26(13-20)57-4)38(56)44(63-28)65-41-34(52)30-25(47)14-23(61-43-37(55)35(53)32(50)19(3)60-43)15-27(30)62-39(41)21-7-9-22(45)10-8-21/h5-15,17-19,28,31-33,35-38,40,42-47,49-51,53-56H,16H2,1-4H3/t17-,18-,19-,28+,31+,32-,33-,35+,36+,37+,38+,40-,42+,43-,44-/m0/s1. The molecule has 21 heteroatoms. The van der Waals surface area contributed by atoms with E-state index >= 15 is 0 Å². The summed E-state index contributed by atoms with van der Waals surface area (Å²) >= 11 is 0. The molecule has 15 atom stereocenters. The Hall–Kier alpha value is -5.56. The van der Waals surface area contributed by atoms with Crippen LogP contribution in [0.1, 0.15) is 26.3 Å². The van der Waals surface area contributed by atoms with Crippen molar-refractivity contribution in [3.8, 4) is 45.8 Å². The van der Waals surface area contributed by atoms with Gasteiger partial charge in [0.1, 0.15) is 64.8 Å². The fourth-order valence-electron chi connectivity index (χ4n) is 7.50. The predicted molar refractivity (Wildman–Crippen MR) is 221 cm³/mol. The van der Waals surface area contributed by atoms with Crippen molar-refractivity contribution in [1.82, 2.24) is 0 Å². The Labute approximate surface area is 369 Å². The van der Waals surface area contributed by atoms with Gasteiger partial charge in [0.25, 0.3) is 0 Å². The molecule has 3 fully saturated rings. The number of rotatable bonds is 12. The van der Waals surface area contributed by atoms with E-state index < -0.39 is 127 Å². The minimum Gasteiger partial charge on any atom is -0.508 e. The molecular formula is C44H50O21. The Morgan fingerprint density at radius 1 is 0.708 bits per heavy atom. The summed E-state index contributed by atoms with van der Waals surface area (Å²) in [6, 6.07) is 11.6. The first-order valence-electron chi connectivity index (χ1n) is 20.4. The predicted octanol–water partition coefficient (Wildman–Crippen LogP) is 0.362. The molecule has 0 aliphatic carbocycles. The summed E-state index contributed by atoms with van der Waals surface area (Å²) in [5.74, 6) is -3.76. The van der Waals surface area contributed by atoms with Crippen molar-refractivity contribution in [3.63, 3.8) is 0 Å². The molecule has 3 aromatic carbocycles. The van der Waals surface area contributed by atoms with Gasteiger partial charge in [-0.25, -0.2) is 4.79 Å². The number of phenols is 3.